The highest BCUT2D eigenvalue weighted by Gasteiger charge is 2.18. The molecule has 7 nitrogen and oxygen atoms in total. The molecule has 0 saturated heterocycles. The third kappa shape index (κ3) is 6.54. The van der Waals surface area contributed by atoms with Crippen molar-refractivity contribution in [2.24, 2.45) is 0 Å². The third-order valence-corrected chi connectivity index (χ3v) is 7.53. The lowest BCUT2D eigenvalue weighted by Gasteiger charge is -2.15. The Balaban J connectivity index is 1.32. The molecule has 0 aliphatic rings. The van der Waals surface area contributed by atoms with Crippen molar-refractivity contribution >= 4 is 33.0 Å². The Labute approximate surface area is 208 Å². The van der Waals surface area contributed by atoms with E-state index in [0.717, 1.165) is 21.8 Å². The van der Waals surface area contributed by atoms with E-state index in [0.29, 0.717) is 11.4 Å². The van der Waals surface area contributed by atoms with Crippen LogP contribution in [-0.2, 0) is 14.8 Å². The Morgan fingerprint density at radius 3 is 2.46 bits per heavy atom. The zero-order valence-electron chi connectivity index (χ0n) is 19.3. The first kappa shape index (κ1) is 24.6. The third-order valence-electron chi connectivity index (χ3n) is 5.20. The zero-order chi connectivity index (χ0) is 24.8. The van der Waals surface area contributed by atoms with Gasteiger partial charge in [-0.3, -0.25) is 4.79 Å². The summed E-state index contributed by atoms with van der Waals surface area (Å²) in [6.07, 6.45) is 0. The Bertz CT molecular complexity index is 1400. The van der Waals surface area contributed by atoms with E-state index in [1.54, 1.807) is 24.3 Å². The van der Waals surface area contributed by atoms with E-state index in [2.05, 4.69) is 15.0 Å². The van der Waals surface area contributed by atoms with Gasteiger partial charge in [-0.1, -0.05) is 42.5 Å². The van der Waals surface area contributed by atoms with Crippen molar-refractivity contribution in [1.82, 2.24) is 9.71 Å². The maximum Gasteiger partial charge on any atom is 0.262 e. The van der Waals surface area contributed by atoms with Gasteiger partial charge in [0.25, 0.3) is 5.91 Å². The normalized spacial score (nSPS) is 12.2. The fraction of sp³-hybridized carbons (Fsp3) is 0.154. The topological polar surface area (TPSA) is 97.4 Å². The summed E-state index contributed by atoms with van der Waals surface area (Å²) in [5.74, 6) is 0.0635. The molecule has 1 heterocycles. The number of carbonyl (C=O) groups is 1. The summed E-state index contributed by atoms with van der Waals surface area (Å²) in [5, 5.41) is 5.76. The molecule has 0 spiro atoms. The first-order valence-corrected chi connectivity index (χ1v) is 13.3. The van der Waals surface area contributed by atoms with Crippen molar-refractivity contribution in [3.63, 3.8) is 0 Å². The molecular weight excluding hydrogens is 482 g/mol. The number of amides is 1. The number of rotatable bonds is 9. The Kier molecular flexibility index (Phi) is 7.60. The summed E-state index contributed by atoms with van der Waals surface area (Å²) < 4.78 is 33.6. The van der Waals surface area contributed by atoms with E-state index in [-0.39, 0.29) is 23.5 Å². The van der Waals surface area contributed by atoms with Crippen LogP contribution in [-0.4, -0.2) is 25.9 Å². The zero-order valence-corrected chi connectivity index (χ0v) is 20.9. The quantitative estimate of drug-likeness (QED) is 0.326. The van der Waals surface area contributed by atoms with Crippen molar-refractivity contribution in [3.05, 3.63) is 94.8 Å². The van der Waals surface area contributed by atoms with Crippen LogP contribution in [0.5, 0.6) is 5.75 Å². The molecule has 4 aromatic rings. The van der Waals surface area contributed by atoms with Crippen molar-refractivity contribution in [2.75, 3.05) is 11.9 Å². The number of nitrogens with one attached hydrogen (secondary N) is 2. The molecule has 1 amide bonds. The SMILES string of the molecule is Cc1nc(-c2cccc(NC(=O)COc3ccc(S(=O)(=O)N[C@H](C)c4ccccc4)cc3)c2)cs1. The molecule has 4 rings (SSSR count). The molecule has 35 heavy (non-hydrogen) atoms. The number of hydrogen-bond donors (Lipinski definition) is 2. The molecule has 3 aromatic carbocycles. The summed E-state index contributed by atoms with van der Waals surface area (Å²) in [6, 6.07) is 22.4. The highest BCUT2D eigenvalue weighted by Crippen LogP contribution is 2.24. The molecule has 2 N–H and O–H groups in total. The van der Waals surface area contributed by atoms with Crippen LogP contribution in [0.1, 0.15) is 23.5 Å². The van der Waals surface area contributed by atoms with E-state index < -0.39 is 10.0 Å². The monoisotopic (exact) mass is 507 g/mol. The highest BCUT2D eigenvalue weighted by atomic mass is 32.2. The molecule has 1 atom stereocenters. The molecule has 0 bridgehead atoms. The minimum Gasteiger partial charge on any atom is -0.484 e. The van der Waals surface area contributed by atoms with Crippen molar-refractivity contribution in [3.8, 4) is 17.0 Å². The summed E-state index contributed by atoms with van der Waals surface area (Å²) in [4.78, 5) is 16.9. The van der Waals surface area contributed by atoms with Gasteiger partial charge in [-0.25, -0.2) is 18.1 Å². The van der Waals surface area contributed by atoms with E-state index in [4.69, 9.17) is 4.74 Å². The van der Waals surface area contributed by atoms with Crippen LogP contribution in [0.25, 0.3) is 11.3 Å². The number of ether oxygens (including phenoxy) is 1. The van der Waals surface area contributed by atoms with E-state index in [9.17, 15) is 13.2 Å². The van der Waals surface area contributed by atoms with Crippen LogP contribution in [0.2, 0.25) is 0 Å². The number of sulfonamides is 1. The second kappa shape index (κ2) is 10.8. The first-order valence-electron chi connectivity index (χ1n) is 10.9. The number of nitrogens with zero attached hydrogens (tertiary/aromatic N) is 1. The number of aromatic nitrogens is 1. The fourth-order valence-electron chi connectivity index (χ4n) is 3.42. The maximum atomic E-state index is 12.7. The van der Waals surface area contributed by atoms with Crippen LogP contribution in [0.15, 0.2) is 89.1 Å². The summed E-state index contributed by atoms with van der Waals surface area (Å²) in [6.45, 7) is 3.52. The maximum absolute atomic E-state index is 12.7. The Morgan fingerprint density at radius 1 is 1.03 bits per heavy atom. The predicted octanol–water partition coefficient (Wildman–Crippen LogP) is 5.18. The molecular formula is C26H25N3O4S2. The molecule has 0 aliphatic carbocycles. The summed E-state index contributed by atoms with van der Waals surface area (Å²) in [5.41, 5.74) is 3.29. The van der Waals surface area contributed by atoms with Crippen LogP contribution in [0.3, 0.4) is 0 Å². The lowest BCUT2D eigenvalue weighted by atomic mass is 10.1. The van der Waals surface area contributed by atoms with Gasteiger partial charge in [-0.2, -0.15) is 0 Å². The minimum atomic E-state index is -3.71. The largest absolute Gasteiger partial charge is 0.484 e. The first-order chi connectivity index (χ1) is 16.8. The van der Waals surface area contributed by atoms with Gasteiger partial charge in [0.2, 0.25) is 10.0 Å². The lowest BCUT2D eigenvalue weighted by Crippen LogP contribution is -2.26. The molecule has 0 unspecified atom stereocenters. The summed E-state index contributed by atoms with van der Waals surface area (Å²) >= 11 is 1.57. The van der Waals surface area contributed by atoms with Crippen LogP contribution in [0.4, 0.5) is 5.69 Å². The number of aryl methyl sites for hydroxylation is 1. The lowest BCUT2D eigenvalue weighted by molar-refractivity contribution is -0.118. The van der Waals surface area contributed by atoms with Gasteiger partial charge in [0.05, 0.1) is 15.6 Å². The number of anilines is 1. The van der Waals surface area contributed by atoms with Crippen LogP contribution >= 0.6 is 11.3 Å². The Hall–Kier alpha value is -3.53. The fourth-order valence-corrected chi connectivity index (χ4v) is 5.28. The van der Waals surface area contributed by atoms with E-state index in [1.165, 1.54) is 24.3 Å². The predicted molar refractivity (Wildman–Crippen MR) is 138 cm³/mol. The Morgan fingerprint density at radius 2 is 1.77 bits per heavy atom. The standard InChI is InChI=1S/C26H25N3O4S2/c1-18(20-7-4-3-5-8-20)29-35(31,32)24-13-11-23(12-14-24)33-16-26(30)28-22-10-6-9-21(15-22)25-17-34-19(2)27-25/h3-15,17-18,29H,16H2,1-2H3,(H,28,30)/t18-/m1/s1. The molecule has 180 valence electrons. The van der Waals surface area contributed by atoms with Crippen molar-refractivity contribution in [1.29, 1.82) is 0 Å². The smallest absolute Gasteiger partial charge is 0.262 e. The average molecular weight is 508 g/mol. The highest BCUT2D eigenvalue weighted by molar-refractivity contribution is 7.89. The summed E-state index contributed by atoms with van der Waals surface area (Å²) in [7, 11) is -3.71. The van der Waals surface area contributed by atoms with Gasteiger partial charge in [0.1, 0.15) is 5.75 Å². The van der Waals surface area contributed by atoms with Gasteiger partial charge in [-0.05, 0) is 55.8 Å². The van der Waals surface area contributed by atoms with Gasteiger partial charge in [-0.15, -0.1) is 11.3 Å². The number of thiazole rings is 1. The molecule has 0 saturated carbocycles. The molecule has 0 fully saturated rings. The second-order valence-electron chi connectivity index (χ2n) is 7.89. The van der Waals surface area contributed by atoms with E-state index >= 15 is 0 Å². The van der Waals surface area contributed by atoms with Crippen LogP contribution in [0, 0.1) is 6.92 Å². The minimum absolute atomic E-state index is 0.117. The number of benzene rings is 3. The molecule has 0 radical (unpaired) electrons. The molecule has 9 heteroatoms. The van der Waals surface area contributed by atoms with Crippen molar-refractivity contribution in [2.45, 2.75) is 24.8 Å². The van der Waals surface area contributed by atoms with Gasteiger partial charge >= 0.3 is 0 Å². The van der Waals surface area contributed by atoms with Crippen LogP contribution < -0.4 is 14.8 Å². The second-order valence-corrected chi connectivity index (χ2v) is 10.7. The van der Waals surface area contributed by atoms with Crippen molar-refractivity contribution < 1.29 is 17.9 Å². The number of carbonyl (C=O) groups excluding carboxylic acids is 1. The van der Waals surface area contributed by atoms with Gasteiger partial charge < -0.3 is 10.1 Å². The van der Waals surface area contributed by atoms with Gasteiger partial charge in [0.15, 0.2) is 6.61 Å². The average Bonchev–Trinajstić information content (AvgIpc) is 3.30. The number of hydrogen-bond acceptors (Lipinski definition) is 6. The molecule has 1 aromatic heterocycles. The van der Waals surface area contributed by atoms with Gasteiger partial charge in [0, 0.05) is 22.7 Å². The molecule has 0 aliphatic heterocycles. The van der Waals surface area contributed by atoms with E-state index in [1.807, 2.05) is 60.8 Å².